The van der Waals surface area contributed by atoms with Crippen molar-refractivity contribution in [3.8, 4) is 0 Å². The molecule has 3 rings (SSSR count). The second kappa shape index (κ2) is 11.5. The summed E-state index contributed by atoms with van der Waals surface area (Å²) in [6.07, 6.45) is 3.20. The number of esters is 1. The number of carbonyl (C=O) groups excluding carboxylic acids is 1. The summed E-state index contributed by atoms with van der Waals surface area (Å²) < 4.78 is 66.2. The highest BCUT2D eigenvalue weighted by molar-refractivity contribution is 5.69. The van der Waals surface area contributed by atoms with Crippen LogP contribution in [0, 0.1) is 24.7 Å². The standard InChI is InChI=1S/C27H34F4O3/c1-4-5-9-25(32)33-16-22-12-13-23(18(3)19-7-6-8-21(28)14-19)26(34-22)24-15-20(27(29,30)31)11-10-17(24)2/h6-8,10-11,15,18-19,22-23,26H,4-5,9,12-14,16H2,1-3H3/t18-,19?,22?,23-,26-/m0/s1. The van der Waals surface area contributed by atoms with Crippen molar-refractivity contribution < 1.29 is 31.8 Å². The molecule has 0 saturated carbocycles. The summed E-state index contributed by atoms with van der Waals surface area (Å²) in [4.78, 5) is 12.0. The minimum Gasteiger partial charge on any atom is -0.463 e. The van der Waals surface area contributed by atoms with E-state index in [4.69, 9.17) is 9.47 Å². The Morgan fingerprint density at radius 2 is 2.03 bits per heavy atom. The van der Waals surface area contributed by atoms with Crippen LogP contribution in [0.4, 0.5) is 17.6 Å². The molecular formula is C27H34F4O3. The van der Waals surface area contributed by atoms with Gasteiger partial charge in [0.25, 0.3) is 0 Å². The van der Waals surface area contributed by atoms with Crippen LogP contribution in [-0.4, -0.2) is 18.7 Å². The number of alkyl halides is 3. The van der Waals surface area contributed by atoms with Gasteiger partial charge in [-0.3, -0.25) is 4.79 Å². The summed E-state index contributed by atoms with van der Waals surface area (Å²) in [5, 5.41) is 0. The van der Waals surface area contributed by atoms with Gasteiger partial charge in [0.15, 0.2) is 0 Å². The van der Waals surface area contributed by atoms with Crippen molar-refractivity contribution in [3.63, 3.8) is 0 Å². The lowest BCUT2D eigenvalue weighted by Gasteiger charge is -2.42. The van der Waals surface area contributed by atoms with E-state index in [0.29, 0.717) is 30.4 Å². The minimum absolute atomic E-state index is 0.0114. The Hall–Kier alpha value is -2.15. The molecule has 2 unspecified atom stereocenters. The summed E-state index contributed by atoms with van der Waals surface area (Å²) in [7, 11) is 0. The number of ether oxygens (including phenoxy) is 2. The van der Waals surface area contributed by atoms with Crippen molar-refractivity contribution in [1.82, 2.24) is 0 Å². The molecule has 188 valence electrons. The van der Waals surface area contributed by atoms with Gasteiger partial charge in [0.05, 0.1) is 17.8 Å². The number of allylic oxidation sites excluding steroid dienone is 4. The number of hydrogen-bond acceptors (Lipinski definition) is 3. The Balaban J connectivity index is 1.84. The summed E-state index contributed by atoms with van der Waals surface area (Å²) in [6.45, 7) is 5.86. The van der Waals surface area contributed by atoms with E-state index in [9.17, 15) is 22.4 Å². The summed E-state index contributed by atoms with van der Waals surface area (Å²) in [5.41, 5.74) is 0.480. The monoisotopic (exact) mass is 482 g/mol. The molecule has 3 nitrogen and oxygen atoms in total. The second-order valence-electron chi connectivity index (χ2n) is 9.50. The highest BCUT2D eigenvalue weighted by Crippen LogP contribution is 2.46. The maximum absolute atomic E-state index is 14.0. The van der Waals surface area contributed by atoms with Crippen LogP contribution in [0.1, 0.15) is 75.2 Å². The number of aryl methyl sites for hydroxylation is 1. The van der Waals surface area contributed by atoms with Gasteiger partial charge < -0.3 is 9.47 Å². The molecule has 1 heterocycles. The predicted molar refractivity (Wildman–Crippen MR) is 123 cm³/mol. The maximum atomic E-state index is 14.0. The molecular weight excluding hydrogens is 448 g/mol. The Morgan fingerprint density at radius 1 is 1.26 bits per heavy atom. The van der Waals surface area contributed by atoms with E-state index < -0.39 is 23.9 Å². The molecule has 0 radical (unpaired) electrons. The topological polar surface area (TPSA) is 35.5 Å². The second-order valence-corrected chi connectivity index (χ2v) is 9.50. The van der Waals surface area contributed by atoms with Gasteiger partial charge in [0, 0.05) is 12.8 Å². The Bertz CT molecular complexity index is 906. The summed E-state index contributed by atoms with van der Waals surface area (Å²) >= 11 is 0. The molecule has 0 amide bonds. The fraction of sp³-hybridized carbons (Fsp3) is 0.593. The number of benzene rings is 1. The van der Waals surface area contributed by atoms with Gasteiger partial charge in [-0.25, -0.2) is 4.39 Å². The van der Waals surface area contributed by atoms with Gasteiger partial charge in [-0.1, -0.05) is 38.5 Å². The zero-order valence-electron chi connectivity index (χ0n) is 20.0. The van der Waals surface area contributed by atoms with Crippen molar-refractivity contribution in [2.24, 2.45) is 17.8 Å². The number of unbranched alkanes of at least 4 members (excludes halogenated alkanes) is 1. The van der Waals surface area contributed by atoms with E-state index in [0.717, 1.165) is 18.9 Å². The largest absolute Gasteiger partial charge is 0.463 e. The van der Waals surface area contributed by atoms with Crippen LogP contribution in [0.3, 0.4) is 0 Å². The first-order chi connectivity index (χ1) is 16.1. The Labute approximate surface area is 199 Å². The molecule has 0 bridgehead atoms. The van der Waals surface area contributed by atoms with Crippen molar-refractivity contribution in [2.75, 3.05) is 6.61 Å². The zero-order valence-corrected chi connectivity index (χ0v) is 20.0. The molecule has 1 fully saturated rings. The van der Waals surface area contributed by atoms with Crippen molar-refractivity contribution in [1.29, 1.82) is 0 Å². The van der Waals surface area contributed by atoms with Crippen molar-refractivity contribution >= 4 is 5.97 Å². The predicted octanol–water partition coefficient (Wildman–Crippen LogP) is 7.65. The fourth-order valence-electron chi connectivity index (χ4n) is 4.92. The van der Waals surface area contributed by atoms with E-state index in [1.165, 1.54) is 18.2 Å². The van der Waals surface area contributed by atoms with E-state index in [-0.39, 0.29) is 42.6 Å². The van der Waals surface area contributed by atoms with Crippen LogP contribution in [0.25, 0.3) is 0 Å². The first-order valence-electron chi connectivity index (χ1n) is 12.1. The Morgan fingerprint density at radius 3 is 2.71 bits per heavy atom. The lowest BCUT2D eigenvalue weighted by Crippen LogP contribution is -2.37. The SMILES string of the molecule is CCCCC(=O)OCC1CC[C@@H]([C@@H](C)C2C=CC=C(F)C2)[C@@H](c2cc(C(F)(F)F)ccc2C)O1. The molecule has 1 saturated heterocycles. The zero-order chi connectivity index (χ0) is 24.9. The molecule has 1 aliphatic heterocycles. The third-order valence-electron chi connectivity index (χ3n) is 7.04. The Kier molecular flexibility index (Phi) is 8.96. The molecule has 1 aromatic rings. The lowest BCUT2D eigenvalue weighted by atomic mass is 9.71. The van der Waals surface area contributed by atoms with Crippen LogP contribution in [0.15, 0.2) is 42.3 Å². The third-order valence-corrected chi connectivity index (χ3v) is 7.04. The number of carbonyl (C=O) groups is 1. The fourth-order valence-corrected chi connectivity index (χ4v) is 4.92. The van der Waals surface area contributed by atoms with Gasteiger partial charge in [0.2, 0.25) is 0 Å². The van der Waals surface area contributed by atoms with E-state index in [2.05, 4.69) is 0 Å². The van der Waals surface area contributed by atoms with Crippen molar-refractivity contribution in [2.45, 2.75) is 77.7 Å². The molecule has 1 aromatic carbocycles. The van der Waals surface area contributed by atoms with Crippen LogP contribution in [0.5, 0.6) is 0 Å². The van der Waals surface area contributed by atoms with Gasteiger partial charge in [-0.2, -0.15) is 13.2 Å². The molecule has 7 heteroatoms. The molecule has 34 heavy (non-hydrogen) atoms. The van der Waals surface area contributed by atoms with Crippen LogP contribution in [-0.2, 0) is 20.4 Å². The number of rotatable bonds is 8. The number of halogens is 4. The van der Waals surface area contributed by atoms with E-state index >= 15 is 0 Å². The van der Waals surface area contributed by atoms with E-state index in [1.807, 2.05) is 19.9 Å². The average Bonchev–Trinajstić information content (AvgIpc) is 2.80. The molecule has 0 aromatic heterocycles. The molecule has 5 atom stereocenters. The van der Waals surface area contributed by atoms with Gasteiger partial charge in [-0.05, 0) is 73.3 Å². The van der Waals surface area contributed by atoms with Gasteiger partial charge >= 0.3 is 12.1 Å². The molecule has 1 aliphatic carbocycles. The summed E-state index contributed by atoms with van der Waals surface area (Å²) in [6, 6.07) is 3.73. The quantitative estimate of drug-likeness (QED) is 0.282. The van der Waals surface area contributed by atoms with Crippen LogP contribution < -0.4 is 0 Å². The van der Waals surface area contributed by atoms with Gasteiger partial charge in [-0.15, -0.1) is 0 Å². The third kappa shape index (κ3) is 6.71. The minimum atomic E-state index is -4.47. The van der Waals surface area contributed by atoms with Crippen LogP contribution >= 0.6 is 0 Å². The molecule has 2 aliphatic rings. The highest BCUT2D eigenvalue weighted by Gasteiger charge is 2.40. The molecule has 0 N–H and O–H groups in total. The van der Waals surface area contributed by atoms with Gasteiger partial charge in [0.1, 0.15) is 12.4 Å². The molecule has 0 spiro atoms. The first kappa shape index (κ1) is 26.5. The normalized spacial score (nSPS) is 26.1. The lowest BCUT2D eigenvalue weighted by molar-refractivity contribution is -0.159. The summed E-state index contributed by atoms with van der Waals surface area (Å²) in [5.74, 6) is -0.657. The highest BCUT2D eigenvalue weighted by atomic mass is 19.4. The maximum Gasteiger partial charge on any atom is 0.416 e. The van der Waals surface area contributed by atoms with E-state index in [1.54, 1.807) is 13.0 Å². The first-order valence-corrected chi connectivity index (χ1v) is 12.1. The van der Waals surface area contributed by atoms with Crippen molar-refractivity contribution in [3.05, 3.63) is 58.9 Å². The van der Waals surface area contributed by atoms with Crippen LogP contribution in [0.2, 0.25) is 0 Å². The average molecular weight is 483 g/mol. The smallest absolute Gasteiger partial charge is 0.416 e. The number of hydrogen-bond donors (Lipinski definition) is 0.